The van der Waals surface area contributed by atoms with Gasteiger partial charge in [0.1, 0.15) is 18.5 Å². The molecule has 4 heterocycles. The molecule has 0 aromatic carbocycles. The van der Waals surface area contributed by atoms with Crippen LogP contribution in [0.25, 0.3) is 16.9 Å². The van der Waals surface area contributed by atoms with Gasteiger partial charge in [-0.25, -0.2) is 4.98 Å². The van der Waals surface area contributed by atoms with E-state index in [4.69, 9.17) is 14.5 Å². The van der Waals surface area contributed by atoms with Gasteiger partial charge in [-0.2, -0.15) is 15.1 Å². The van der Waals surface area contributed by atoms with Crippen LogP contribution in [0.5, 0.6) is 0 Å². The minimum atomic E-state index is -0.555. The largest absolute Gasteiger partial charge is 0.459 e. The predicted molar refractivity (Wildman–Crippen MR) is 111 cm³/mol. The number of fused-ring (bicyclic) bond motifs is 1. The van der Waals surface area contributed by atoms with Crippen LogP contribution in [0.15, 0.2) is 18.7 Å². The zero-order chi connectivity index (χ0) is 21.3. The van der Waals surface area contributed by atoms with Crippen molar-refractivity contribution in [1.82, 2.24) is 29.3 Å². The maximum absolute atomic E-state index is 12.2. The number of esters is 1. The van der Waals surface area contributed by atoms with Gasteiger partial charge in [-0.3, -0.25) is 14.0 Å². The van der Waals surface area contributed by atoms with Gasteiger partial charge in [0.25, 0.3) is 0 Å². The van der Waals surface area contributed by atoms with E-state index in [1.54, 1.807) is 17.2 Å². The molecule has 1 N–H and O–H groups in total. The molecule has 0 bridgehead atoms. The minimum absolute atomic E-state index is 0.0221. The number of nitrogens with zero attached hydrogens (tertiary/aromatic N) is 7. The predicted octanol–water partition coefficient (Wildman–Crippen LogP) is 1.14. The number of aromatic nitrogens is 6. The van der Waals surface area contributed by atoms with Gasteiger partial charge in [-0.1, -0.05) is 0 Å². The summed E-state index contributed by atoms with van der Waals surface area (Å²) in [4.78, 5) is 28.1. The number of aryl methyl sites for hydroxylation is 1. The first-order chi connectivity index (χ1) is 14.3. The molecule has 0 spiro atoms. The molecule has 3 aromatic rings. The molecule has 0 aliphatic carbocycles. The summed E-state index contributed by atoms with van der Waals surface area (Å²) in [5.41, 5.74) is 1.48. The van der Waals surface area contributed by atoms with Crippen LogP contribution in [-0.2, 0) is 21.3 Å². The van der Waals surface area contributed by atoms with Crippen molar-refractivity contribution in [2.24, 2.45) is 7.05 Å². The first-order valence-electron chi connectivity index (χ1n) is 9.83. The van der Waals surface area contributed by atoms with Crippen LogP contribution in [0, 0.1) is 0 Å². The smallest absolute Gasteiger partial charge is 0.325 e. The number of hydrogen-bond donors (Lipinski definition) is 1. The zero-order valence-electron chi connectivity index (χ0n) is 17.6. The fourth-order valence-electron chi connectivity index (χ4n) is 3.17. The highest BCUT2D eigenvalue weighted by molar-refractivity contribution is 5.87. The molecule has 160 valence electrons. The molecule has 1 fully saturated rings. The van der Waals surface area contributed by atoms with E-state index in [-0.39, 0.29) is 12.5 Å². The number of nitrogens with one attached hydrogen (secondary N) is 1. The van der Waals surface area contributed by atoms with Crippen molar-refractivity contribution >= 4 is 28.9 Å². The second-order valence-electron chi connectivity index (χ2n) is 8.07. The highest BCUT2D eigenvalue weighted by Gasteiger charge is 2.21. The summed E-state index contributed by atoms with van der Waals surface area (Å²) in [5, 5.41) is 7.31. The van der Waals surface area contributed by atoms with Crippen LogP contribution >= 0.6 is 0 Å². The molecule has 1 aliphatic rings. The molecular weight excluding hydrogens is 388 g/mol. The number of rotatable bonds is 5. The Bertz CT molecular complexity index is 1050. The second-order valence-corrected chi connectivity index (χ2v) is 8.07. The molecule has 0 unspecified atom stereocenters. The van der Waals surface area contributed by atoms with Crippen LogP contribution in [0.1, 0.15) is 20.8 Å². The van der Waals surface area contributed by atoms with Crippen molar-refractivity contribution in [2.45, 2.75) is 26.4 Å². The van der Waals surface area contributed by atoms with Gasteiger partial charge in [-0.05, 0) is 20.8 Å². The average molecular weight is 414 g/mol. The highest BCUT2D eigenvalue weighted by Crippen LogP contribution is 2.25. The van der Waals surface area contributed by atoms with Gasteiger partial charge >= 0.3 is 5.97 Å². The Balaban J connectivity index is 1.70. The highest BCUT2D eigenvalue weighted by atomic mass is 16.6. The van der Waals surface area contributed by atoms with E-state index in [0.717, 1.165) is 5.69 Å². The number of imidazole rings is 1. The molecular formula is C19H26N8O3. The van der Waals surface area contributed by atoms with Gasteiger partial charge in [0.2, 0.25) is 5.95 Å². The molecule has 11 nitrogen and oxygen atoms in total. The van der Waals surface area contributed by atoms with Crippen molar-refractivity contribution in [1.29, 1.82) is 0 Å². The number of ether oxygens (including phenoxy) is 2. The molecule has 4 rings (SSSR count). The Kier molecular flexibility index (Phi) is 5.29. The van der Waals surface area contributed by atoms with Crippen molar-refractivity contribution in [3.8, 4) is 5.69 Å². The number of carbonyl (C=O) groups is 1. The third-order valence-corrected chi connectivity index (χ3v) is 4.47. The van der Waals surface area contributed by atoms with Gasteiger partial charge in [-0.15, -0.1) is 0 Å². The fourth-order valence-corrected chi connectivity index (χ4v) is 3.17. The lowest BCUT2D eigenvalue weighted by Gasteiger charge is -2.27. The Morgan fingerprint density at radius 1 is 1.27 bits per heavy atom. The Morgan fingerprint density at radius 2 is 2.03 bits per heavy atom. The van der Waals surface area contributed by atoms with Crippen LogP contribution in [0.3, 0.4) is 0 Å². The van der Waals surface area contributed by atoms with Crippen LogP contribution in [-0.4, -0.2) is 73.7 Å². The molecule has 30 heavy (non-hydrogen) atoms. The molecule has 0 atom stereocenters. The minimum Gasteiger partial charge on any atom is -0.459 e. The van der Waals surface area contributed by atoms with Crippen molar-refractivity contribution in [3.05, 3.63) is 18.7 Å². The lowest BCUT2D eigenvalue weighted by molar-refractivity contribution is -0.152. The van der Waals surface area contributed by atoms with E-state index >= 15 is 0 Å². The number of anilines is 2. The summed E-state index contributed by atoms with van der Waals surface area (Å²) in [6.07, 6.45) is 5.30. The third-order valence-electron chi connectivity index (χ3n) is 4.47. The summed E-state index contributed by atoms with van der Waals surface area (Å²) in [5.74, 6) is 0.673. The number of carbonyl (C=O) groups excluding carboxylic acids is 1. The molecule has 0 radical (unpaired) electrons. The molecule has 0 amide bonds. The lowest BCUT2D eigenvalue weighted by Crippen LogP contribution is -2.37. The normalized spacial score (nSPS) is 14.9. The molecule has 1 saturated heterocycles. The molecule has 3 aromatic heterocycles. The lowest BCUT2D eigenvalue weighted by atomic mass is 10.2. The van der Waals surface area contributed by atoms with E-state index in [9.17, 15) is 4.79 Å². The fraction of sp³-hybridized carbons (Fsp3) is 0.526. The van der Waals surface area contributed by atoms with Crippen LogP contribution in [0.2, 0.25) is 0 Å². The average Bonchev–Trinajstić information content (AvgIpc) is 3.31. The van der Waals surface area contributed by atoms with Crippen molar-refractivity contribution < 1.29 is 14.3 Å². The standard InChI is InChI=1S/C19H26N8O3/c1-19(2,3)30-14(28)10-20-16-15-17(24-18(23-16)26-5-7-29-8-6-26)27(12-21-15)13-9-22-25(4)11-13/h9,11-12H,5-8,10H2,1-4H3,(H,20,23,24). The summed E-state index contributed by atoms with van der Waals surface area (Å²) in [7, 11) is 1.85. The molecule has 11 heteroatoms. The van der Waals surface area contributed by atoms with Gasteiger partial charge in [0, 0.05) is 26.3 Å². The number of morpholine rings is 1. The molecule has 1 aliphatic heterocycles. The summed E-state index contributed by atoms with van der Waals surface area (Å²) < 4.78 is 14.4. The van der Waals surface area contributed by atoms with Gasteiger partial charge in [0.05, 0.1) is 25.1 Å². The zero-order valence-corrected chi connectivity index (χ0v) is 17.6. The van der Waals surface area contributed by atoms with Crippen LogP contribution < -0.4 is 10.2 Å². The SMILES string of the molecule is Cn1cc(-n2cnc3c(NCC(=O)OC(C)(C)C)nc(N4CCOCC4)nc32)cn1. The summed E-state index contributed by atoms with van der Waals surface area (Å²) >= 11 is 0. The monoisotopic (exact) mass is 414 g/mol. The summed E-state index contributed by atoms with van der Waals surface area (Å²) in [6.45, 7) is 8.09. The maximum atomic E-state index is 12.2. The van der Waals surface area contributed by atoms with Crippen molar-refractivity contribution in [3.63, 3.8) is 0 Å². The second kappa shape index (κ2) is 7.90. The maximum Gasteiger partial charge on any atom is 0.325 e. The van der Waals surface area contributed by atoms with E-state index in [1.165, 1.54) is 0 Å². The topological polar surface area (TPSA) is 112 Å². The van der Waals surface area contributed by atoms with E-state index in [0.29, 0.717) is 49.2 Å². The first-order valence-corrected chi connectivity index (χ1v) is 9.83. The van der Waals surface area contributed by atoms with Gasteiger partial charge < -0.3 is 19.7 Å². The van der Waals surface area contributed by atoms with E-state index < -0.39 is 5.60 Å². The third kappa shape index (κ3) is 4.35. The Morgan fingerprint density at radius 3 is 2.70 bits per heavy atom. The Hall–Kier alpha value is -3.21. The van der Waals surface area contributed by atoms with Crippen LogP contribution in [0.4, 0.5) is 11.8 Å². The van der Waals surface area contributed by atoms with E-state index in [1.807, 2.05) is 38.6 Å². The van der Waals surface area contributed by atoms with Gasteiger partial charge in [0.15, 0.2) is 17.0 Å². The number of hydrogen-bond acceptors (Lipinski definition) is 9. The molecule has 0 saturated carbocycles. The first kappa shape index (κ1) is 20.1. The summed E-state index contributed by atoms with van der Waals surface area (Å²) in [6, 6.07) is 0. The quantitative estimate of drug-likeness (QED) is 0.614. The Labute approximate surface area is 174 Å². The van der Waals surface area contributed by atoms with Crippen molar-refractivity contribution in [2.75, 3.05) is 43.1 Å². The van der Waals surface area contributed by atoms with E-state index in [2.05, 4.69) is 25.3 Å².